The van der Waals surface area contributed by atoms with E-state index in [0.29, 0.717) is 0 Å². The Morgan fingerprint density at radius 3 is 1.00 bits per heavy atom. The molecule has 0 unspecified atom stereocenters. The molecule has 0 bridgehead atoms. The van der Waals surface area contributed by atoms with Crippen LogP contribution in [0.4, 0.5) is 0 Å². The van der Waals surface area contributed by atoms with Crippen molar-refractivity contribution in [2.45, 2.75) is 27.7 Å². The molecule has 1 heteroatoms. The van der Waals surface area contributed by atoms with Crippen LogP contribution in [0.15, 0.2) is 0 Å². The van der Waals surface area contributed by atoms with Crippen LogP contribution in [0.2, 0.25) is 0 Å². The molecule has 0 aliphatic carbocycles. The van der Waals surface area contributed by atoms with E-state index in [4.69, 9.17) is 0 Å². The normalized spacial score (nSPS) is 6.75. The van der Waals surface area contributed by atoms with E-state index in [1.165, 1.54) is 6.42 Å². The first-order valence-electron chi connectivity index (χ1n) is 2.76. The lowest BCUT2D eigenvalue weighted by Crippen LogP contribution is -1.99. The Hall–Kier alpha value is -0.0400. The standard InChI is InChI=1S/C3H9N.C3H8.CH4/c1-4(2)3;1-3-2;/h1-3H3;3H2,1-2H3;1H4. The first-order chi connectivity index (χ1) is 3.15. The Labute approximate surface area is 54.7 Å². The fourth-order valence-corrected chi connectivity index (χ4v) is 0. The van der Waals surface area contributed by atoms with Gasteiger partial charge in [-0.15, -0.1) is 0 Å². The van der Waals surface area contributed by atoms with Gasteiger partial charge in [0.05, 0.1) is 0 Å². The van der Waals surface area contributed by atoms with E-state index in [1.807, 2.05) is 26.0 Å². The Balaban J connectivity index is -0.0000000575. The first kappa shape index (κ1) is 15.7. The lowest BCUT2D eigenvalue weighted by atomic mass is 10.6. The second-order valence-electron chi connectivity index (χ2n) is 2.05. The highest BCUT2D eigenvalue weighted by Crippen LogP contribution is 1.56. The summed E-state index contributed by atoms with van der Waals surface area (Å²) in [5.74, 6) is 0. The third kappa shape index (κ3) is 91600. The van der Waals surface area contributed by atoms with E-state index < -0.39 is 0 Å². The van der Waals surface area contributed by atoms with Crippen molar-refractivity contribution in [3.05, 3.63) is 0 Å². The molecule has 0 aliphatic heterocycles. The van der Waals surface area contributed by atoms with Crippen molar-refractivity contribution in [2.24, 2.45) is 0 Å². The van der Waals surface area contributed by atoms with Crippen LogP contribution in [0.1, 0.15) is 27.7 Å². The maximum atomic E-state index is 2.12. The molecule has 0 aromatic carbocycles. The van der Waals surface area contributed by atoms with E-state index in [0.717, 1.165) is 0 Å². The predicted molar refractivity (Wildman–Crippen MR) is 42.3 cm³/mol. The second kappa shape index (κ2) is 15.8. The number of rotatable bonds is 0. The monoisotopic (exact) mass is 119 g/mol. The molecule has 0 rings (SSSR count). The van der Waals surface area contributed by atoms with Crippen molar-refractivity contribution in [3.8, 4) is 0 Å². The minimum Gasteiger partial charge on any atom is -0.312 e. The zero-order chi connectivity index (χ0) is 6.28. The van der Waals surface area contributed by atoms with Gasteiger partial charge < -0.3 is 4.90 Å². The molecule has 0 fully saturated rings. The van der Waals surface area contributed by atoms with Crippen molar-refractivity contribution in [1.82, 2.24) is 4.90 Å². The Morgan fingerprint density at radius 1 is 1.00 bits per heavy atom. The van der Waals surface area contributed by atoms with E-state index >= 15 is 0 Å². The van der Waals surface area contributed by atoms with Gasteiger partial charge in [0.15, 0.2) is 0 Å². The van der Waals surface area contributed by atoms with Crippen LogP contribution in [-0.4, -0.2) is 26.0 Å². The van der Waals surface area contributed by atoms with Gasteiger partial charge in [-0.1, -0.05) is 27.7 Å². The number of hydrogen-bond donors (Lipinski definition) is 0. The maximum absolute atomic E-state index is 2.12. The fraction of sp³-hybridized carbons (Fsp3) is 1.00. The SMILES string of the molecule is C.CCC.CN(C)C. The zero-order valence-electron chi connectivity index (χ0n) is 6.15. The van der Waals surface area contributed by atoms with Gasteiger partial charge in [-0.25, -0.2) is 0 Å². The molecule has 54 valence electrons. The molecular weight excluding hydrogens is 98.1 g/mol. The second-order valence-corrected chi connectivity index (χ2v) is 2.05. The minimum absolute atomic E-state index is 0. The maximum Gasteiger partial charge on any atom is -0.0140 e. The highest BCUT2D eigenvalue weighted by atomic mass is 15.0. The van der Waals surface area contributed by atoms with Crippen LogP contribution in [0.3, 0.4) is 0 Å². The summed E-state index contributed by atoms with van der Waals surface area (Å²) in [4.78, 5) is 2.00. The molecule has 8 heavy (non-hydrogen) atoms. The van der Waals surface area contributed by atoms with Crippen LogP contribution >= 0.6 is 0 Å². The van der Waals surface area contributed by atoms with Crippen molar-refractivity contribution in [2.75, 3.05) is 21.1 Å². The van der Waals surface area contributed by atoms with Gasteiger partial charge in [-0.3, -0.25) is 0 Å². The zero-order valence-corrected chi connectivity index (χ0v) is 6.15. The van der Waals surface area contributed by atoms with Gasteiger partial charge in [0, 0.05) is 0 Å². The summed E-state index contributed by atoms with van der Waals surface area (Å²) in [5.41, 5.74) is 0. The summed E-state index contributed by atoms with van der Waals surface area (Å²) in [6.07, 6.45) is 1.25. The molecular formula is C7H21N. The van der Waals surface area contributed by atoms with Crippen LogP contribution in [0, 0.1) is 0 Å². The fourth-order valence-electron chi connectivity index (χ4n) is 0. The third-order valence-electron chi connectivity index (χ3n) is 0. The summed E-state index contributed by atoms with van der Waals surface area (Å²) in [6.45, 7) is 4.25. The summed E-state index contributed by atoms with van der Waals surface area (Å²) < 4.78 is 0. The molecule has 0 amide bonds. The topological polar surface area (TPSA) is 3.24 Å². The molecule has 0 saturated carbocycles. The lowest BCUT2D eigenvalue weighted by molar-refractivity contribution is 0.505. The Bertz CT molecular complexity index is 15.6. The van der Waals surface area contributed by atoms with E-state index in [1.54, 1.807) is 0 Å². The van der Waals surface area contributed by atoms with Crippen molar-refractivity contribution < 1.29 is 0 Å². The van der Waals surface area contributed by atoms with E-state index in [-0.39, 0.29) is 7.43 Å². The van der Waals surface area contributed by atoms with Crippen molar-refractivity contribution in [1.29, 1.82) is 0 Å². The molecule has 0 aromatic rings. The largest absolute Gasteiger partial charge is 0.312 e. The van der Waals surface area contributed by atoms with Gasteiger partial charge in [0.25, 0.3) is 0 Å². The average molecular weight is 119 g/mol. The predicted octanol–water partition coefficient (Wildman–Crippen LogP) is 2.23. The summed E-state index contributed by atoms with van der Waals surface area (Å²) >= 11 is 0. The summed E-state index contributed by atoms with van der Waals surface area (Å²) in [7, 11) is 6.00. The molecule has 0 atom stereocenters. The highest BCUT2D eigenvalue weighted by Gasteiger charge is 1.58. The van der Waals surface area contributed by atoms with Crippen LogP contribution in [-0.2, 0) is 0 Å². The molecule has 0 radical (unpaired) electrons. The van der Waals surface area contributed by atoms with Gasteiger partial charge in [-0.05, 0) is 21.1 Å². The van der Waals surface area contributed by atoms with Crippen molar-refractivity contribution in [3.63, 3.8) is 0 Å². The lowest BCUT2D eigenvalue weighted by Gasteiger charge is -1.90. The molecule has 0 spiro atoms. The van der Waals surface area contributed by atoms with Crippen LogP contribution in [0.25, 0.3) is 0 Å². The van der Waals surface area contributed by atoms with Gasteiger partial charge in [0.2, 0.25) is 0 Å². The van der Waals surface area contributed by atoms with E-state index in [9.17, 15) is 0 Å². The number of hydrogen-bond acceptors (Lipinski definition) is 1. The van der Waals surface area contributed by atoms with Gasteiger partial charge in [-0.2, -0.15) is 0 Å². The smallest absolute Gasteiger partial charge is 0.0140 e. The highest BCUT2D eigenvalue weighted by molar-refractivity contribution is 4.09. The molecule has 0 saturated heterocycles. The molecule has 0 N–H and O–H groups in total. The Morgan fingerprint density at radius 2 is 1.00 bits per heavy atom. The number of nitrogens with zero attached hydrogens (tertiary/aromatic N) is 1. The molecule has 0 heterocycles. The summed E-state index contributed by atoms with van der Waals surface area (Å²) in [6, 6.07) is 0. The van der Waals surface area contributed by atoms with E-state index in [2.05, 4.69) is 13.8 Å². The van der Waals surface area contributed by atoms with Crippen molar-refractivity contribution >= 4 is 0 Å². The molecule has 0 aromatic heterocycles. The van der Waals surface area contributed by atoms with Crippen LogP contribution < -0.4 is 0 Å². The quantitative estimate of drug-likeness (QED) is 0.472. The molecule has 1 nitrogen and oxygen atoms in total. The van der Waals surface area contributed by atoms with Gasteiger partial charge in [0.1, 0.15) is 0 Å². The summed E-state index contributed by atoms with van der Waals surface area (Å²) in [5, 5.41) is 0. The molecule has 0 aliphatic rings. The average Bonchev–Trinajstić information content (AvgIpc) is 1.33. The first-order valence-corrected chi connectivity index (χ1v) is 2.76. The van der Waals surface area contributed by atoms with Crippen LogP contribution in [0.5, 0.6) is 0 Å². The third-order valence-corrected chi connectivity index (χ3v) is 0. The van der Waals surface area contributed by atoms with Gasteiger partial charge >= 0.3 is 0 Å². The Kier molecular flexibility index (Phi) is 30.9. The minimum atomic E-state index is 0.